The van der Waals surface area contributed by atoms with E-state index in [1.807, 2.05) is 0 Å². The summed E-state index contributed by atoms with van der Waals surface area (Å²) in [7, 11) is -5.70. The molecule has 0 atom stereocenters. The molecule has 0 fully saturated rings. The van der Waals surface area contributed by atoms with E-state index >= 15 is 0 Å². The molecule has 0 spiro atoms. The number of nitrogens with one attached hydrogen (secondary N) is 2. The number of halogens is 2. The van der Waals surface area contributed by atoms with E-state index < -0.39 is 32.7 Å². The number of ether oxygens (including phenoxy) is 2. The summed E-state index contributed by atoms with van der Waals surface area (Å²) in [6.45, 7) is 9.54. The quantitative estimate of drug-likeness (QED) is 0.162. The predicted molar refractivity (Wildman–Crippen MR) is 109 cm³/mol. The molecule has 0 aliphatic carbocycles. The molecule has 0 amide bonds. The van der Waals surface area contributed by atoms with Crippen LogP contribution >= 0.6 is 43.2 Å². The van der Waals surface area contributed by atoms with Crippen molar-refractivity contribution >= 4 is 55.2 Å². The third-order valence-electron chi connectivity index (χ3n) is 1.43. The molecule has 18 heteroatoms. The van der Waals surface area contributed by atoms with Crippen molar-refractivity contribution in [3.63, 3.8) is 0 Å². The Morgan fingerprint density at radius 2 is 1.07 bits per heavy atom. The summed E-state index contributed by atoms with van der Waals surface area (Å²) >= 11 is 9.70. The van der Waals surface area contributed by atoms with Crippen LogP contribution in [0.4, 0.5) is 0 Å². The molecule has 0 saturated carbocycles. The molecule has 0 aromatic carbocycles. The normalized spacial score (nSPS) is 10.2. The average molecular weight is 773 g/mol. The van der Waals surface area contributed by atoms with E-state index in [-0.39, 0.29) is 95.8 Å². The number of carbonyl (C=O) groups is 2. The molecule has 0 heterocycles. The van der Waals surface area contributed by atoms with Crippen molar-refractivity contribution in [2.75, 3.05) is 33.2 Å². The van der Waals surface area contributed by atoms with Gasteiger partial charge in [-0.3, -0.25) is 34.3 Å². The van der Waals surface area contributed by atoms with E-state index in [2.05, 4.69) is 30.7 Å². The molecular formula is C11H27Cl2N4O7P3Pr2-2. The predicted octanol–water partition coefficient (Wildman–Crippen LogP) is 2.45. The first kappa shape index (κ1) is 41.7. The molecule has 0 aromatic rings. The SMILES string of the molecule is CCOC(=O)[CH-]NP(C)(=O)N[CH-]C(=O)OCC.CP(=O)(Cl)Cl.CP(N)(N)=O.[Pr].[Pr]. The van der Waals surface area contributed by atoms with Crippen LogP contribution in [0.25, 0.3) is 0 Å². The van der Waals surface area contributed by atoms with Crippen LogP contribution in [0.2, 0.25) is 0 Å². The topological polar surface area (TPSA) is 180 Å². The number of hydrogen-bond donors (Lipinski definition) is 4. The number of esters is 2. The Labute approximate surface area is 248 Å². The number of nitrogens with two attached hydrogens (primary N) is 2. The van der Waals surface area contributed by atoms with Crippen molar-refractivity contribution in [3.05, 3.63) is 13.1 Å². The van der Waals surface area contributed by atoms with E-state index in [1.165, 1.54) is 20.0 Å². The number of carbonyl (C=O) groups excluding carboxylic acids is 2. The molecule has 0 saturated heterocycles. The van der Waals surface area contributed by atoms with E-state index in [0.717, 1.165) is 13.1 Å². The van der Waals surface area contributed by atoms with Crippen molar-refractivity contribution in [2.45, 2.75) is 13.8 Å². The molecule has 0 bridgehead atoms. The Hall–Kier alpha value is 2.52. The Morgan fingerprint density at radius 3 is 1.24 bits per heavy atom. The number of rotatable bonds is 8. The maximum Gasteiger partial charge on any atom is 0.250 e. The summed E-state index contributed by atoms with van der Waals surface area (Å²) in [5.41, 5.74) is 9.38. The number of hydrogen-bond acceptors (Lipinski definition) is 7. The molecule has 29 heavy (non-hydrogen) atoms. The van der Waals surface area contributed by atoms with Gasteiger partial charge < -0.3 is 19.6 Å². The minimum Gasteiger partial charge on any atom is -0.487 e. The monoisotopic (exact) mass is 772 g/mol. The van der Waals surface area contributed by atoms with Gasteiger partial charge in [-0.1, -0.05) is 0 Å². The first-order chi connectivity index (χ1) is 11.9. The molecule has 0 aromatic heterocycles. The second-order valence-corrected chi connectivity index (χ2v) is 15.1. The third-order valence-corrected chi connectivity index (χ3v) is 2.67. The average Bonchev–Trinajstić information content (AvgIpc) is 2.40. The third kappa shape index (κ3) is 59.0. The fourth-order valence-corrected chi connectivity index (χ4v) is 1.53. The molecule has 11 nitrogen and oxygen atoms in total. The smallest absolute Gasteiger partial charge is 0.250 e. The van der Waals surface area contributed by atoms with Crippen LogP contribution in [0.5, 0.6) is 0 Å². The Kier molecular flexibility index (Phi) is 32.1. The van der Waals surface area contributed by atoms with Gasteiger partial charge >= 0.3 is 0 Å². The maximum absolute atomic E-state index is 11.7. The summed E-state index contributed by atoms with van der Waals surface area (Å²) in [5.74, 6) is -3.96. The molecule has 2 radical (unpaired) electrons. The van der Waals surface area contributed by atoms with Crippen LogP contribution in [-0.4, -0.2) is 45.1 Å². The second-order valence-electron chi connectivity index (χ2n) is 4.76. The van der Waals surface area contributed by atoms with Crippen LogP contribution in [0.15, 0.2) is 0 Å². The van der Waals surface area contributed by atoms with Crippen LogP contribution in [-0.2, 0) is 32.8 Å². The van der Waals surface area contributed by atoms with Crippen molar-refractivity contribution in [3.8, 4) is 0 Å². The fourth-order valence-electron chi connectivity index (χ4n) is 0.757. The van der Waals surface area contributed by atoms with Gasteiger partial charge in [0.15, 0.2) is 19.4 Å². The van der Waals surface area contributed by atoms with Gasteiger partial charge in [-0.2, -0.15) is 0 Å². The van der Waals surface area contributed by atoms with Gasteiger partial charge in [0.25, 0.3) is 0 Å². The fraction of sp³-hybridized carbons (Fsp3) is 0.636. The zero-order valence-electron chi connectivity index (χ0n) is 16.8. The van der Waals surface area contributed by atoms with Crippen molar-refractivity contribution in [1.29, 1.82) is 0 Å². The van der Waals surface area contributed by atoms with Crippen molar-refractivity contribution in [2.24, 2.45) is 11.0 Å². The molecule has 0 aliphatic rings. The summed E-state index contributed by atoms with van der Waals surface area (Å²) in [6.07, 6.45) is 0. The molecule has 0 unspecified atom stereocenters. The Bertz CT molecular complexity index is 530. The molecule has 0 aliphatic heterocycles. The van der Waals surface area contributed by atoms with Gasteiger partial charge in [0.05, 0.1) is 13.2 Å². The summed E-state index contributed by atoms with van der Waals surface area (Å²) in [4.78, 5) is 21.9. The van der Waals surface area contributed by atoms with E-state index in [0.29, 0.717) is 0 Å². The summed E-state index contributed by atoms with van der Waals surface area (Å²) < 4.78 is 40.4. The van der Waals surface area contributed by atoms with Crippen molar-refractivity contribution < 1.29 is 115 Å². The zero-order chi connectivity index (χ0) is 22.3. The molecular weight excluding hydrogens is 746 g/mol. The zero-order valence-corrected chi connectivity index (χ0v) is 28.4. The minimum atomic E-state index is -3.06. The molecule has 170 valence electrons. The summed E-state index contributed by atoms with van der Waals surface area (Å²) in [5, 5.41) is 4.69. The van der Waals surface area contributed by atoms with Crippen LogP contribution < -0.4 is 21.2 Å². The van der Waals surface area contributed by atoms with Crippen LogP contribution in [0.1, 0.15) is 13.8 Å². The molecule has 6 N–H and O–H groups in total. The van der Waals surface area contributed by atoms with Gasteiger partial charge in [-0.15, -0.1) is 0 Å². The van der Waals surface area contributed by atoms with Crippen LogP contribution in [0, 0.1) is 95.7 Å². The van der Waals surface area contributed by atoms with Gasteiger partial charge in [0, 0.05) is 103 Å². The second kappa shape index (κ2) is 22.3. The Balaban J connectivity index is -0.000000133. The van der Waals surface area contributed by atoms with Crippen LogP contribution in [0.3, 0.4) is 0 Å². The van der Waals surface area contributed by atoms with Gasteiger partial charge in [-0.05, 0) is 36.3 Å². The largest absolute Gasteiger partial charge is 0.487 e. The van der Waals surface area contributed by atoms with E-state index in [4.69, 9.17) is 22.5 Å². The van der Waals surface area contributed by atoms with Crippen molar-refractivity contribution in [1.82, 2.24) is 10.2 Å². The molecule has 0 rings (SSSR count). The standard InChI is InChI=1S/C9H17N2O5P.CH3Cl2OP.CH7N2OP.2Pr/c1-4-15-8(12)6-10-17(3,14)11-7-9(13)16-5-2;2*1-5(2,3)4;;/h6-7H,4-5H2,1-3H3,(H2,10,11,14);1H3;1H3,(H4,2,3,4);;/q-2;;;;. The maximum atomic E-state index is 11.7. The van der Waals surface area contributed by atoms with E-state index in [1.54, 1.807) is 13.8 Å². The van der Waals surface area contributed by atoms with E-state index in [9.17, 15) is 23.3 Å². The van der Waals surface area contributed by atoms with Gasteiger partial charge in [0.1, 0.15) is 0 Å². The first-order valence-electron chi connectivity index (χ1n) is 7.15. The minimum absolute atomic E-state index is 0. The van der Waals surface area contributed by atoms with Gasteiger partial charge in [-0.25, -0.2) is 13.1 Å². The van der Waals surface area contributed by atoms with Gasteiger partial charge in [0.2, 0.25) is 13.3 Å². The first-order valence-corrected chi connectivity index (χ1v) is 15.6. The summed E-state index contributed by atoms with van der Waals surface area (Å²) in [6, 6.07) is 0. The Morgan fingerprint density at radius 1 is 0.862 bits per heavy atom.